The standard InChI is InChI=1S/C14H17BrN2O2/c1-10-14(19)16(2)7-8-17(10)13(18)9-11-3-5-12(15)6-4-11/h3-6,10H,7-9H2,1-2H3. The molecule has 1 heterocycles. The fourth-order valence-corrected chi connectivity index (χ4v) is 2.50. The molecular weight excluding hydrogens is 308 g/mol. The number of likely N-dealkylation sites (N-methyl/N-ethyl adjacent to an activating group) is 1. The lowest BCUT2D eigenvalue weighted by molar-refractivity contribution is -0.149. The highest BCUT2D eigenvalue weighted by atomic mass is 79.9. The molecule has 0 aliphatic carbocycles. The molecule has 1 atom stereocenters. The van der Waals surface area contributed by atoms with Crippen LogP contribution in [-0.4, -0.2) is 47.8 Å². The molecule has 0 aromatic heterocycles. The first-order chi connectivity index (χ1) is 8.99. The first-order valence-corrected chi connectivity index (χ1v) is 7.07. The van der Waals surface area contributed by atoms with Crippen LogP contribution in [0.4, 0.5) is 0 Å². The molecule has 1 aromatic carbocycles. The van der Waals surface area contributed by atoms with E-state index < -0.39 is 0 Å². The zero-order valence-electron chi connectivity index (χ0n) is 11.1. The van der Waals surface area contributed by atoms with Crippen molar-refractivity contribution in [1.82, 2.24) is 9.80 Å². The summed E-state index contributed by atoms with van der Waals surface area (Å²) in [4.78, 5) is 27.5. The Hall–Kier alpha value is -1.36. The van der Waals surface area contributed by atoms with Gasteiger partial charge in [-0.1, -0.05) is 28.1 Å². The first kappa shape index (κ1) is 14.1. The van der Waals surface area contributed by atoms with E-state index in [9.17, 15) is 9.59 Å². The third-order valence-electron chi connectivity index (χ3n) is 3.47. The summed E-state index contributed by atoms with van der Waals surface area (Å²) in [5.74, 6) is 0.0201. The van der Waals surface area contributed by atoms with E-state index in [1.165, 1.54) is 0 Å². The summed E-state index contributed by atoms with van der Waals surface area (Å²) < 4.78 is 0.992. The van der Waals surface area contributed by atoms with Crippen LogP contribution in [0.3, 0.4) is 0 Å². The maximum Gasteiger partial charge on any atom is 0.244 e. The van der Waals surface area contributed by atoms with Gasteiger partial charge in [-0.25, -0.2) is 0 Å². The molecule has 1 unspecified atom stereocenters. The van der Waals surface area contributed by atoms with Crippen molar-refractivity contribution in [1.29, 1.82) is 0 Å². The fourth-order valence-electron chi connectivity index (χ4n) is 2.23. The van der Waals surface area contributed by atoms with Gasteiger partial charge in [-0.05, 0) is 24.6 Å². The van der Waals surface area contributed by atoms with Crippen molar-refractivity contribution in [3.63, 3.8) is 0 Å². The predicted octanol–water partition coefficient (Wildman–Crippen LogP) is 1.68. The van der Waals surface area contributed by atoms with E-state index in [0.29, 0.717) is 19.5 Å². The number of benzene rings is 1. The number of hydrogen-bond donors (Lipinski definition) is 0. The smallest absolute Gasteiger partial charge is 0.244 e. The van der Waals surface area contributed by atoms with Crippen molar-refractivity contribution >= 4 is 27.7 Å². The maximum absolute atomic E-state index is 12.3. The molecule has 1 fully saturated rings. The lowest BCUT2D eigenvalue weighted by Gasteiger charge is -2.37. The molecular formula is C14H17BrN2O2. The van der Waals surface area contributed by atoms with Gasteiger partial charge in [0.05, 0.1) is 6.42 Å². The third kappa shape index (κ3) is 3.15. The first-order valence-electron chi connectivity index (χ1n) is 6.28. The number of nitrogens with zero attached hydrogens (tertiary/aromatic N) is 2. The Bertz CT molecular complexity index is 487. The van der Waals surface area contributed by atoms with Gasteiger partial charge in [0.25, 0.3) is 0 Å². The lowest BCUT2D eigenvalue weighted by atomic mass is 10.1. The second kappa shape index (κ2) is 5.74. The Labute approximate surface area is 121 Å². The fraction of sp³-hybridized carbons (Fsp3) is 0.429. The number of halogens is 1. The summed E-state index contributed by atoms with van der Waals surface area (Å²) >= 11 is 3.37. The molecule has 102 valence electrons. The number of piperazine rings is 1. The summed E-state index contributed by atoms with van der Waals surface area (Å²) in [6.45, 7) is 3.01. The van der Waals surface area contributed by atoms with Crippen LogP contribution in [0.2, 0.25) is 0 Å². The van der Waals surface area contributed by atoms with E-state index in [-0.39, 0.29) is 17.9 Å². The van der Waals surface area contributed by atoms with Crippen LogP contribution >= 0.6 is 15.9 Å². The number of amides is 2. The zero-order valence-corrected chi connectivity index (χ0v) is 12.7. The van der Waals surface area contributed by atoms with Gasteiger partial charge in [0.15, 0.2) is 0 Å². The molecule has 0 N–H and O–H groups in total. The second-order valence-corrected chi connectivity index (χ2v) is 5.74. The van der Waals surface area contributed by atoms with Gasteiger partial charge in [0.2, 0.25) is 11.8 Å². The van der Waals surface area contributed by atoms with Gasteiger partial charge in [-0.2, -0.15) is 0 Å². The highest BCUT2D eigenvalue weighted by Gasteiger charge is 2.32. The summed E-state index contributed by atoms with van der Waals surface area (Å²) in [7, 11) is 1.77. The normalized spacial score (nSPS) is 19.7. The number of carbonyl (C=O) groups excluding carboxylic acids is 2. The SMILES string of the molecule is CC1C(=O)N(C)CCN1C(=O)Cc1ccc(Br)cc1. The molecule has 1 aliphatic rings. The molecule has 2 rings (SSSR count). The molecule has 5 heteroatoms. The van der Waals surface area contributed by atoms with Crippen LogP contribution < -0.4 is 0 Å². The topological polar surface area (TPSA) is 40.6 Å². The molecule has 2 amide bonds. The Morgan fingerprint density at radius 1 is 1.32 bits per heavy atom. The molecule has 0 saturated carbocycles. The van der Waals surface area contributed by atoms with Crippen LogP contribution in [0.1, 0.15) is 12.5 Å². The largest absolute Gasteiger partial charge is 0.342 e. The summed E-state index contributed by atoms with van der Waals surface area (Å²) in [5, 5.41) is 0. The molecule has 0 radical (unpaired) electrons. The Morgan fingerprint density at radius 3 is 2.58 bits per heavy atom. The van der Waals surface area contributed by atoms with E-state index in [4.69, 9.17) is 0 Å². The second-order valence-electron chi connectivity index (χ2n) is 4.83. The highest BCUT2D eigenvalue weighted by Crippen LogP contribution is 2.14. The van der Waals surface area contributed by atoms with E-state index in [0.717, 1.165) is 10.0 Å². The van der Waals surface area contributed by atoms with Gasteiger partial charge < -0.3 is 9.80 Å². The van der Waals surface area contributed by atoms with Crippen molar-refractivity contribution in [2.75, 3.05) is 20.1 Å². The van der Waals surface area contributed by atoms with Crippen molar-refractivity contribution < 1.29 is 9.59 Å². The van der Waals surface area contributed by atoms with E-state index in [1.54, 1.807) is 23.8 Å². The highest BCUT2D eigenvalue weighted by molar-refractivity contribution is 9.10. The van der Waals surface area contributed by atoms with Crippen molar-refractivity contribution in [3.8, 4) is 0 Å². The van der Waals surface area contributed by atoms with E-state index in [2.05, 4.69) is 15.9 Å². The van der Waals surface area contributed by atoms with Crippen molar-refractivity contribution in [2.24, 2.45) is 0 Å². The predicted molar refractivity (Wildman–Crippen MR) is 76.7 cm³/mol. The third-order valence-corrected chi connectivity index (χ3v) is 4.00. The number of rotatable bonds is 2. The minimum absolute atomic E-state index is 0.00964. The molecule has 19 heavy (non-hydrogen) atoms. The van der Waals surface area contributed by atoms with Crippen molar-refractivity contribution in [2.45, 2.75) is 19.4 Å². The summed E-state index contributed by atoms with van der Waals surface area (Å²) in [5.41, 5.74) is 0.965. The Morgan fingerprint density at radius 2 is 1.95 bits per heavy atom. The van der Waals surface area contributed by atoms with Gasteiger partial charge in [0, 0.05) is 24.6 Å². The van der Waals surface area contributed by atoms with Gasteiger partial charge >= 0.3 is 0 Å². The lowest BCUT2D eigenvalue weighted by Crippen LogP contribution is -2.56. The minimum Gasteiger partial charge on any atom is -0.342 e. The molecule has 0 spiro atoms. The van der Waals surface area contributed by atoms with Crippen molar-refractivity contribution in [3.05, 3.63) is 34.3 Å². The molecule has 1 saturated heterocycles. The maximum atomic E-state index is 12.3. The molecule has 1 aromatic rings. The summed E-state index contributed by atoms with van der Waals surface area (Å²) in [6, 6.07) is 7.32. The van der Waals surface area contributed by atoms with Gasteiger partial charge in [-0.15, -0.1) is 0 Å². The molecule has 1 aliphatic heterocycles. The minimum atomic E-state index is -0.360. The zero-order chi connectivity index (χ0) is 14.0. The average Bonchev–Trinajstić information content (AvgIpc) is 2.39. The van der Waals surface area contributed by atoms with Crippen LogP contribution in [0, 0.1) is 0 Å². The van der Waals surface area contributed by atoms with Crippen LogP contribution in [0.15, 0.2) is 28.7 Å². The van der Waals surface area contributed by atoms with E-state index in [1.807, 2.05) is 24.3 Å². The monoisotopic (exact) mass is 324 g/mol. The van der Waals surface area contributed by atoms with Gasteiger partial charge in [0.1, 0.15) is 6.04 Å². The molecule has 4 nitrogen and oxygen atoms in total. The number of carbonyl (C=O) groups is 2. The van der Waals surface area contributed by atoms with Crippen LogP contribution in [0.5, 0.6) is 0 Å². The Balaban J connectivity index is 2.04. The van der Waals surface area contributed by atoms with Gasteiger partial charge in [-0.3, -0.25) is 9.59 Å². The van der Waals surface area contributed by atoms with Crippen LogP contribution in [-0.2, 0) is 16.0 Å². The van der Waals surface area contributed by atoms with Crippen LogP contribution in [0.25, 0.3) is 0 Å². The quantitative estimate of drug-likeness (QED) is 0.830. The summed E-state index contributed by atoms with van der Waals surface area (Å²) in [6.07, 6.45) is 0.342. The number of hydrogen-bond acceptors (Lipinski definition) is 2. The van der Waals surface area contributed by atoms with E-state index >= 15 is 0 Å². The Kier molecular flexibility index (Phi) is 4.24. The average molecular weight is 325 g/mol. The molecule has 0 bridgehead atoms.